The van der Waals surface area contributed by atoms with Crippen LogP contribution in [0.4, 0.5) is 0 Å². The molecular formula is C12H14ClNO3. The molecule has 1 atom stereocenters. The van der Waals surface area contributed by atoms with E-state index in [9.17, 15) is 9.59 Å². The van der Waals surface area contributed by atoms with Gasteiger partial charge in [0.05, 0.1) is 10.6 Å². The number of halogens is 1. The zero-order chi connectivity index (χ0) is 12.8. The first-order valence-corrected chi connectivity index (χ1v) is 5.63. The molecule has 2 N–H and O–H groups in total. The predicted molar refractivity (Wildman–Crippen MR) is 65.2 cm³/mol. The molecule has 0 aliphatic heterocycles. The molecule has 1 aromatic carbocycles. The van der Waals surface area contributed by atoms with Gasteiger partial charge in [-0.05, 0) is 18.1 Å². The second-order valence-corrected chi connectivity index (χ2v) is 4.30. The van der Waals surface area contributed by atoms with E-state index >= 15 is 0 Å². The highest BCUT2D eigenvalue weighted by Crippen LogP contribution is 2.14. The Kier molecular flexibility index (Phi) is 4.97. The molecule has 1 aromatic rings. The molecule has 4 nitrogen and oxygen atoms in total. The Bertz CT molecular complexity index is 420. The summed E-state index contributed by atoms with van der Waals surface area (Å²) in [5, 5.41) is 11.6. The summed E-state index contributed by atoms with van der Waals surface area (Å²) >= 11 is 5.86. The van der Waals surface area contributed by atoms with Crippen LogP contribution in [0.5, 0.6) is 0 Å². The Morgan fingerprint density at radius 1 is 1.41 bits per heavy atom. The molecule has 0 aliphatic carbocycles. The fourth-order valence-corrected chi connectivity index (χ4v) is 1.60. The minimum atomic E-state index is -0.871. The molecule has 92 valence electrons. The summed E-state index contributed by atoms with van der Waals surface area (Å²) in [5.41, 5.74) is 0.400. The maximum Gasteiger partial charge on any atom is 0.303 e. The van der Waals surface area contributed by atoms with Gasteiger partial charge in [-0.1, -0.05) is 30.7 Å². The fourth-order valence-electron chi connectivity index (χ4n) is 1.38. The molecule has 1 amide bonds. The van der Waals surface area contributed by atoms with Crippen LogP contribution in [0.1, 0.15) is 23.7 Å². The third kappa shape index (κ3) is 4.44. The van der Waals surface area contributed by atoms with E-state index in [1.807, 2.05) is 0 Å². The van der Waals surface area contributed by atoms with Gasteiger partial charge in [0.1, 0.15) is 0 Å². The summed E-state index contributed by atoms with van der Waals surface area (Å²) in [5.74, 6) is -1.27. The van der Waals surface area contributed by atoms with Gasteiger partial charge >= 0.3 is 5.97 Å². The predicted octanol–water partition coefficient (Wildman–Crippen LogP) is 2.18. The molecule has 1 rings (SSSR count). The van der Waals surface area contributed by atoms with E-state index in [0.717, 1.165) is 0 Å². The van der Waals surface area contributed by atoms with Crippen LogP contribution in [-0.2, 0) is 4.79 Å². The molecule has 0 radical (unpaired) electrons. The first kappa shape index (κ1) is 13.5. The van der Waals surface area contributed by atoms with E-state index in [1.54, 1.807) is 31.2 Å². The average Bonchev–Trinajstić information content (AvgIpc) is 2.25. The molecular weight excluding hydrogens is 242 g/mol. The van der Waals surface area contributed by atoms with Crippen LogP contribution in [0.2, 0.25) is 5.02 Å². The lowest BCUT2D eigenvalue weighted by Crippen LogP contribution is -2.29. The monoisotopic (exact) mass is 255 g/mol. The van der Waals surface area contributed by atoms with Gasteiger partial charge in [-0.3, -0.25) is 9.59 Å². The minimum Gasteiger partial charge on any atom is -0.481 e. The SMILES string of the molecule is CC(CNC(=O)c1ccccc1Cl)CC(=O)O. The number of carboxylic acid groups (broad SMARTS) is 1. The maximum absolute atomic E-state index is 11.7. The molecule has 0 aromatic heterocycles. The van der Waals surface area contributed by atoms with E-state index in [2.05, 4.69) is 5.32 Å². The van der Waals surface area contributed by atoms with Crippen LogP contribution in [0.25, 0.3) is 0 Å². The zero-order valence-electron chi connectivity index (χ0n) is 9.44. The second kappa shape index (κ2) is 6.25. The molecule has 0 fully saturated rings. The van der Waals surface area contributed by atoms with Crippen LogP contribution in [0, 0.1) is 5.92 Å². The van der Waals surface area contributed by atoms with Gasteiger partial charge in [-0.15, -0.1) is 0 Å². The molecule has 17 heavy (non-hydrogen) atoms. The van der Waals surface area contributed by atoms with Gasteiger partial charge in [0.15, 0.2) is 0 Å². The highest BCUT2D eigenvalue weighted by atomic mass is 35.5. The molecule has 0 saturated carbocycles. The number of carboxylic acids is 1. The minimum absolute atomic E-state index is 0.0306. The van der Waals surface area contributed by atoms with Gasteiger partial charge in [0, 0.05) is 13.0 Å². The van der Waals surface area contributed by atoms with Crippen molar-refractivity contribution in [1.29, 1.82) is 0 Å². The number of hydrogen-bond acceptors (Lipinski definition) is 2. The normalized spacial score (nSPS) is 11.9. The summed E-state index contributed by atoms with van der Waals surface area (Å²) < 4.78 is 0. The van der Waals surface area contributed by atoms with Crippen LogP contribution >= 0.6 is 11.6 Å². The third-order valence-electron chi connectivity index (χ3n) is 2.25. The van der Waals surface area contributed by atoms with Crippen molar-refractivity contribution < 1.29 is 14.7 Å². The molecule has 1 unspecified atom stereocenters. The number of nitrogens with one attached hydrogen (secondary N) is 1. The van der Waals surface area contributed by atoms with Gasteiger partial charge in [-0.25, -0.2) is 0 Å². The van der Waals surface area contributed by atoms with E-state index < -0.39 is 5.97 Å². The number of rotatable bonds is 5. The highest BCUT2D eigenvalue weighted by Gasteiger charge is 2.12. The lowest BCUT2D eigenvalue weighted by Gasteiger charge is -2.10. The zero-order valence-corrected chi connectivity index (χ0v) is 10.2. The van der Waals surface area contributed by atoms with Crippen molar-refractivity contribution in [3.8, 4) is 0 Å². The van der Waals surface area contributed by atoms with Crippen molar-refractivity contribution >= 4 is 23.5 Å². The fraction of sp³-hybridized carbons (Fsp3) is 0.333. The lowest BCUT2D eigenvalue weighted by atomic mass is 10.1. The Morgan fingerprint density at radius 2 is 2.06 bits per heavy atom. The molecule has 0 bridgehead atoms. The number of carbonyl (C=O) groups is 2. The van der Waals surface area contributed by atoms with Crippen LogP contribution in [0.15, 0.2) is 24.3 Å². The maximum atomic E-state index is 11.7. The van der Waals surface area contributed by atoms with Gasteiger partial charge in [0.2, 0.25) is 0 Å². The van der Waals surface area contributed by atoms with Crippen molar-refractivity contribution in [1.82, 2.24) is 5.32 Å². The Balaban J connectivity index is 2.51. The van der Waals surface area contributed by atoms with Crippen LogP contribution in [-0.4, -0.2) is 23.5 Å². The van der Waals surface area contributed by atoms with Gasteiger partial charge in [0.25, 0.3) is 5.91 Å². The van der Waals surface area contributed by atoms with E-state index in [4.69, 9.17) is 16.7 Å². The molecule has 0 saturated heterocycles. The van der Waals surface area contributed by atoms with Crippen molar-refractivity contribution in [2.45, 2.75) is 13.3 Å². The van der Waals surface area contributed by atoms with E-state index in [-0.39, 0.29) is 18.2 Å². The largest absolute Gasteiger partial charge is 0.481 e. The van der Waals surface area contributed by atoms with Gasteiger partial charge in [-0.2, -0.15) is 0 Å². The van der Waals surface area contributed by atoms with Crippen molar-refractivity contribution in [3.05, 3.63) is 34.9 Å². The first-order chi connectivity index (χ1) is 8.00. The molecule has 0 aliphatic rings. The summed E-state index contributed by atoms with van der Waals surface area (Å²) in [6.07, 6.45) is 0.0306. The number of aliphatic carboxylic acids is 1. The van der Waals surface area contributed by atoms with Crippen molar-refractivity contribution in [2.24, 2.45) is 5.92 Å². The van der Waals surface area contributed by atoms with Crippen LogP contribution in [0.3, 0.4) is 0 Å². The topological polar surface area (TPSA) is 66.4 Å². The van der Waals surface area contributed by atoms with E-state index in [1.165, 1.54) is 0 Å². The summed E-state index contributed by atoms with van der Waals surface area (Å²) in [7, 11) is 0. The molecule has 5 heteroatoms. The quantitative estimate of drug-likeness (QED) is 0.848. The van der Waals surface area contributed by atoms with Crippen LogP contribution < -0.4 is 5.32 Å². The second-order valence-electron chi connectivity index (χ2n) is 3.89. The van der Waals surface area contributed by atoms with Gasteiger partial charge < -0.3 is 10.4 Å². The summed E-state index contributed by atoms with van der Waals surface area (Å²) in [4.78, 5) is 22.2. The number of hydrogen-bond donors (Lipinski definition) is 2. The number of benzene rings is 1. The summed E-state index contributed by atoms with van der Waals surface area (Å²) in [6.45, 7) is 2.08. The average molecular weight is 256 g/mol. The Labute approximate surface area is 105 Å². The lowest BCUT2D eigenvalue weighted by molar-refractivity contribution is -0.137. The first-order valence-electron chi connectivity index (χ1n) is 5.25. The smallest absolute Gasteiger partial charge is 0.303 e. The van der Waals surface area contributed by atoms with Crippen molar-refractivity contribution in [2.75, 3.05) is 6.54 Å². The Morgan fingerprint density at radius 3 is 2.65 bits per heavy atom. The third-order valence-corrected chi connectivity index (χ3v) is 2.58. The van der Waals surface area contributed by atoms with E-state index in [0.29, 0.717) is 17.1 Å². The van der Waals surface area contributed by atoms with Crippen molar-refractivity contribution in [3.63, 3.8) is 0 Å². The highest BCUT2D eigenvalue weighted by molar-refractivity contribution is 6.33. The molecule has 0 heterocycles. The number of amides is 1. The summed E-state index contributed by atoms with van der Waals surface area (Å²) in [6, 6.07) is 6.73. The molecule has 0 spiro atoms. The number of carbonyl (C=O) groups excluding carboxylic acids is 1. The Hall–Kier alpha value is -1.55. The standard InChI is InChI=1S/C12H14ClNO3/c1-8(6-11(15)16)7-14-12(17)9-4-2-3-5-10(9)13/h2-5,8H,6-7H2,1H3,(H,14,17)(H,15,16).